The largest absolute Gasteiger partial charge is 0.462 e. The summed E-state index contributed by atoms with van der Waals surface area (Å²) < 4.78 is 5.84. The van der Waals surface area contributed by atoms with Gasteiger partial charge in [0.2, 0.25) is 11.8 Å². The molecule has 0 saturated heterocycles. The molecule has 8 nitrogen and oxygen atoms in total. The van der Waals surface area contributed by atoms with Crippen LogP contribution in [0.25, 0.3) is 0 Å². The lowest BCUT2D eigenvalue weighted by molar-refractivity contribution is -0.156. The second-order valence-corrected chi connectivity index (χ2v) is 16.6. The van der Waals surface area contributed by atoms with Gasteiger partial charge in [0, 0.05) is 37.6 Å². The first kappa shape index (κ1) is 41.8. The molecule has 256 valence electrons. The van der Waals surface area contributed by atoms with E-state index in [-0.39, 0.29) is 64.5 Å². The van der Waals surface area contributed by atoms with Gasteiger partial charge in [-0.25, -0.2) is 0 Å². The molecule has 0 rings (SSSR count). The molecule has 0 radical (unpaired) electrons. The van der Waals surface area contributed by atoms with E-state index >= 15 is 0 Å². The molecule has 0 aliphatic heterocycles. The van der Waals surface area contributed by atoms with Crippen molar-refractivity contribution in [2.75, 3.05) is 6.54 Å². The predicted octanol–water partition coefficient (Wildman–Crippen LogP) is 7.21. The van der Waals surface area contributed by atoms with E-state index in [4.69, 9.17) is 4.74 Å². The van der Waals surface area contributed by atoms with Crippen LogP contribution in [0.5, 0.6) is 0 Å². The number of Topliss-reactive ketones (excluding diaryl/α,β-unsaturated/α-hetero) is 2. The third-order valence-corrected chi connectivity index (χ3v) is 7.69. The molecular formula is C36H66N2O6. The first-order chi connectivity index (χ1) is 19.9. The van der Waals surface area contributed by atoms with Crippen LogP contribution in [-0.4, -0.2) is 48.0 Å². The molecule has 0 spiro atoms. The molecule has 2 amide bonds. The van der Waals surface area contributed by atoms with Gasteiger partial charge in [-0.05, 0) is 68.6 Å². The second-order valence-electron chi connectivity index (χ2n) is 16.6. The van der Waals surface area contributed by atoms with Crippen LogP contribution in [0.1, 0.15) is 148 Å². The summed E-state index contributed by atoms with van der Waals surface area (Å²) in [5.74, 6) is -1.36. The van der Waals surface area contributed by atoms with E-state index in [1.807, 2.05) is 41.5 Å². The maximum absolute atomic E-state index is 13.3. The Labute approximate surface area is 269 Å². The Morgan fingerprint density at radius 3 is 1.75 bits per heavy atom. The Morgan fingerprint density at radius 2 is 1.30 bits per heavy atom. The monoisotopic (exact) mass is 622 g/mol. The first-order valence-corrected chi connectivity index (χ1v) is 16.7. The van der Waals surface area contributed by atoms with E-state index in [1.54, 1.807) is 0 Å². The molecule has 0 aromatic carbocycles. The van der Waals surface area contributed by atoms with Crippen LogP contribution in [0.2, 0.25) is 0 Å². The lowest BCUT2D eigenvalue weighted by Gasteiger charge is -2.30. The minimum atomic E-state index is -0.678. The number of unbranched alkanes of at least 4 members (excludes halogenated alkanes) is 1. The second kappa shape index (κ2) is 18.7. The van der Waals surface area contributed by atoms with Crippen molar-refractivity contribution in [2.45, 2.75) is 160 Å². The average Bonchev–Trinajstić information content (AvgIpc) is 2.83. The van der Waals surface area contributed by atoms with Gasteiger partial charge in [-0.3, -0.25) is 24.0 Å². The number of carbonyl (C=O) groups is 5. The van der Waals surface area contributed by atoms with Crippen molar-refractivity contribution in [1.29, 1.82) is 0 Å². The average molecular weight is 623 g/mol. The molecule has 44 heavy (non-hydrogen) atoms. The Hall–Kier alpha value is -2.25. The van der Waals surface area contributed by atoms with Crippen molar-refractivity contribution in [2.24, 2.45) is 34.0 Å². The van der Waals surface area contributed by atoms with Crippen LogP contribution in [0, 0.1) is 34.0 Å². The maximum atomic E-state index is 13.3. The third kappa shape index (κ3) is 19.2. The highest BCUT2D eigenvalue weighted by Crippen LogP contribution is 2.34. The SMILES string of the molecule is CC(=O)NCCC[C@H](NC(=O)[C@@H](CC(=O)CCCCC(C)OC(=O)C(CC(C)(C)C)CC(C)(C)C)C(C)C)C(=O)C(C)(C)C. The molecule has 0 aromatic heterocycles. The summed E-state index contributed by atoms with van der Waals surface area (Å²) in [4.78, 5) is 63.6. The first-order valence-electron chi connectivity index (χ1n) is 16.7. The van der Waals surface area contributed by atoms with Gasteiger partial charge < -0.3 is 15.4 Å². The van der Waals surface area contributed by atoms with Crippen LogP contribution >= 0.6 is 0 Å². The van der Waals surface area contributed by atoms with Crippen molar-refractivity contribution in [1.82, 2.24) is 10.6 Å². The zero-order chi connectivity index (χ0) is 34.5. The number of ether oxygens (including phenoxy) is 1. The molecule has 0 aliphatic carbocycles. The fourth-order valence-corrected chi connectivity index (χ4v) is 5.44. The number of hydrogen-bond donors (Lipinski definition) is 2. The van der Waals surface area contributed by atoms with E-state index in [0.717, 1.165) is 19.3 Å². The van der Waals surface area contributed by atoms with Gasteiger partial charge in [0.25, 0.3) is 0 Å². The highest BCUT2D eigenvalue weighted by molar-refractivity contribution is 5.94. The fraction of sp³-hybridized carbons (Fsp3) is 0.861. The highest BCUT2D eigenvalue weighted by Gasteiger charge is 2.34. The smallest absolute Gasteiger partial charge is 0.309 e. The van der Waals surface area contributed by atoms with E-state index in [2.05, 4.69) is 52.2 Å². The number of hydrogen-bond acceptors (Lipinski definition) is 6. The van der Waals surface area contributed by atoms with Crippen LogP contribution in [0.3, 0.4) is 0 Å². The minimum absolute atomic E-state index is 0.0169. The van der Waals surface area contributed by atoms with Crippen LogP contribution in [0.4, 0.5) is 0 Å². The van der Waals surface area contributed by atoms with E-state index < -0.39 is 17.4 Å². The van der Waals surface area contributed by atoms with Crippen molar-refractivity contribution < 1.29 is 28.7 Å². The van der Waals surface area contributed by atoms with Gasteiger partial charge in [-0.15, -0.1) is 0 Å². The Kier molecular flexibility index (Phi) is 17.7. The van der Waals surface area contributed by atoms with Crippen molar-refractivity contribution in [3.8, 4) is 0 Å². The highest BCUT2D eigenvalue weighted by atomic mass is 16.5. The molecule has 0 aromatic rings. The van der Waals surface area contributed by atoms with E-state index in [9.17, 15) is 24.0 Å². The number of esters is 1. The summed E-state index contributed by atoms with van der Waals surface area (Å²) in [7, 11) is 0. The van der Waals surface area contributed by atoms with Gasteiger partial charge >= 0.3 is 5.97 Å². The molecule has 1 unspecified atom stereocenters. The van der Waals surface area contributed by atoms with Crippen LogP contribution in [-0.2, 0) is 28.7 Å². The van der Waals surface area contributed by atoms with Gasteiger partial charge in [0.1, 0.15) is 5.78 Å². The minimum Gasteiger partial charge on any atom is -0.462 e. The summed E-state index contributed by atoms with van der Waals surface area (Å²) in [6.45, 7) is 25.9. The Morgan fingerprint density at radius 1 is 0.750 bits per heavy atom. The summed E-state index contributed by atoms with van der Waals surface area (Å²) in [5, 5.41) is 5.66. The van der Waals surface area contributed by atoms with E-state index in [0.29, 0.717) is 38.6 Å². The van der Waals surface area contributed by atoms with Gasteiger partial charge in [0.15, 0.2) is 5.78 Å². The molecule has 2 N–H and O–H groups in total. The molecular weight excluding hydrogens is 556 g/mol. The van der Waals surface area contributed by atoms with Crippen LogP contribution < -0.4 is 10.6 Å². The number of rotatable bonds is 19. The van der Waals surface area contributed by atoms with E-state index in [1.165, 1.54) is 6.92 Å². The summed E-state index contributed by atoms with van der Waals surface area (Å²) in [6, 6.07) is -0.678. The zero-order valence-electron chi connectivity index (χ0n) is 30.4. The summed E-state index contributed by atoms with van der Waals surface area (Å²) in [6.07, 6.45) is 4.86. The molecule has 0 bridgehead atoms. The molecule has 0 saturated carbocycles. The molecule has 0 heterocycles. The number of carbonyl (C=O) groups excluding carboxylic acids is 5. The standard InChI is InChI=1S/C36H66N2O6/c1-24(2)29(32(42)38-30(31(41)36(11,12)13)19-16-20-37-26(4)39)21-28(40)18-15-14-17-25(3)44-33(43)27(22-34(5,6)7)23-35(8,9)10/h24-25,27,29-30H,14-23H2,1-13H3,(H,37,39)(H,38,42)/t25?,29-,30-/m0/s1. The summed E-state index contributed by atoms with van der Waals surface area (Å²) in [5.41, 5.74) is -0.583. The number of ketones is 2. The van der Waals surface area contributed by atoms with Crippen molar-refractivity contribution in [3.63, 3.8) is 0 Å². The molecule has 8 heteroatoms. The molecule has 3 atom stereocenters. The van der Waals surface area contributed by atoms with Gasteiger partial charge in [-0.1, -0.05) is 76.2 Å². The predicted molar refractivity (Wildman–Crippen MR) is 178 cm³/mol. The quantitative estimate of drug-likeness (QED) is 0.116. The van der Waals surface area contributed by atoms with Gasteiger partial charge in [0.05, 0.1) is 18.1 Å². The Balaban J connectivity index is 5.01. The molecule has 0 fully saturated rings. The van der Waals surface area contributed by atoms with Gasteiger partial charge in [-0.2, -0.15) is 0 Å². The number of nitrogens with one attached hydrogen (secondary N) is 2. The maximum Gasteiger partial charge on any atom is 0.309 e. The Bertz CT molecular complexity index is 920. The van der Waals surface area contributed by atoms with Crippen molar-refractivity contribution in [3.05, 3.63) is 0 Å². The van der Waals surface area contributed by atoms with Crippen LogP contribution in [0.15, 0.2) is 0 Å². The molecule has 0 aliphatic rings. The lowest BCUT2D eigenvalue weighted by Crippen LogP contribution is -2.48. The van der Waals surface area contributed by atoms with Crippen molar-refractivity contribution >= 4 is 29.4 Å². The third-order valence-electron chi connectivity index (χ3n) is 7.69. The lowest BCUT2D eigenvalue weighted by atomic mass is 9.77. The summed E-state index contributed by atoms with van der Waals surface area (Å²) >= 11 is 0. The fourth-order valence-electron chi connectivity index (χ4n) is 5.44. The normalized spacial score (nSPS) is 14.6. The number of amides is 2. The zero-order valence-corrected chi connectivity index (χ0v) is 30.4. The topological polar surface area (TPSA) is 119 Å².